The van der Waals surface area contributed by atoms with E-state index in [-0.39, 0.29) is 17.7 Å². The van der Waals surface area contributed by atoms with Crippen LogP contribution in [0.1, 0.15) is 17.3 Å². The monoisotopic (exact) mass is 406 g/mol. The van der Waals surface area contributed by atoms with Gasteiger partial charge in [0.05, 0.1) is 27.0 Å². The lowest BCUT2D eigenvalue weighted by Crippen LogP contribution is -2.23. The summed E-state index contributed by atoms with van der Waals surface area (Å²) in [7, 11) is 0. The number of rotatable bonds is 3. The average molecular weight is 406 g/mol. The van der Waals surface area contributed by atoms with Crippen LogP contribution in [0.3, 0.4) is 0 Å². The number of carbonyl (C=O) groups excluding carboxylic acids is 1. The summed E-state index contributed by atoms with van der Waals surface area (Å²) in [6.07, 6.45) is 0. The van der Waals surface area contributed by atoms with Gasteiger partial charge in [0.15, 0.2) is 0 Å². The third-order valence-electron chi connectivity index (χ3n) is 4.49. The van der Waals surface area contributed by atoms with E-state index in [1.54, 1.807) is 28.7 Å². The minimum Gasteiger partial charge on any atom is -0.462 e. The Bertz CT molecular complexity index is 1400. The molecule has 0 unspecified atom stereocenters. The van der Waals surface area contributed by atoms with Crippen molar-refractivity contribution in [2.45, 2.75) is 6.92 Å². The maximum Gasteiger partial charge on any atom is 0.343 e. The maximum absolute atomic E-state index is 13.1. The molecular weight excluding hydrogens is 392 g/mol. The molecule has 0 atom stereocenters. The fraction of sp³-hybridized carbons (Fsp3) is 0.0952. The fourth-order valence-corrected chi connectivity index (χ4v) is 5.45. The number of ether oxygens (including phenoxy) is 1. The summed E-state index contributed by atoms with van der Waals surface area (Å²) in [5, 5.41) is 0.774. The lowest BCUT2D eigenvalue weighted by Gasteiger charge is -2.06. The molecule has 0 fully saturated rings. The fourth-order valence-electron chi connectivity index (χ4n) is 3.25. The predicted octanol–water partition coefficient (Wildman–Crippen LogP) is 4.97. The molecule has 3 heterocycles. The predicted molar refractivity (Wildman–Crippen MR) is 114 cm³/mol. The van der Waals surface area contributed by atoms with Gasteiger partial charge in [-0.1, -0.05) is 24.3 Å². The Labute approximate surface area is 167 Å². The number of para-hydroxylation sites is 2. The Balaban J connectivity index is 1.90. The van der Waals surface area contributed by atoms with Crippen molar-refractivity contribution in [1.82, 2.24) is 9.38 Å². The normalized spacial score (nSPS) is 11.5. The lowest BCUT2D eigenvalue weighted by atomic mass is 10.2. The molecule has 5 aromatic rings. The number of benzene rings is 2. The zero-order valence-corrected chi connectivity index (χ0v) is 16.5. The topological polar surface area (TPSA) is 60.7 Å². The van der Waals surface area contributed by atoms with Crippen molar-refractivity contribution in [2.24, 2.45) is 0 Å². The summed E-state index contributed by atoms with van der Waals surface area (Å²) in [6.45, 7) is 1.93. The Morgan fingerprint density at radius 1 is 1.07 bits per heavy atom. The molecular formula is C21H14N2O3S2. The summed E-state index contributed by atoms with van der Waals surface area (Å²) >= 11 is 3.06. The highest BCUT2D eigenvalue weighted by molar-refractivity contribution is 7.25. The minimum atomic E-state index is -0.612. The van der Waals surface area contributed by atoms with E-state index in [4.69, 9.17) is 9.72 Å². The molecule has 7 heteroatoms. The first-order valence-electron chi connectivity index (χ1n) is 8.77. The largest absolute Gasteiger partial charge is 0.462 e. The molecule has 0 radical (unpaired) electrons. The molecule has 0 amide bonds. The third kappa shape index (κ3) is 2.55. The molecule has 28 heavy (non-hydrogen) atoms. The number of fused-ring (bicyclic) bond motifs is 4. The second kappa shape index (κ2) is 6.54. The van der Waals surface area contributed by atoms with Crippen LogP contribution in [0.15, 0.2) is 59.4 Å². The molecule has 0 bridgehead atoms. The average Bonchev–Trinajstić information content (AvgIpc) is 3.30. The molecule has 2 aromatic carbocycles. The van der Waals surface area contributed by atoms with Gasteiger partial charge in [-0.3, -0.25) is 9.20 Å². The molecule has 0 aliphatic heterocycles. The van der Waals surface area contributed by atoms with Crippen molar-refractivity contribution in [3.63, 3.8) is 0 Å². The summed E-state index contributed by atoms with van der Waals surface area (Å²) in [5.41, 5.74) is 2.10. The molecule has 5 rings (SSSR count). The van der Waals surface area contributed by atoms with Crippen molar-refractivity contribution in [3.8, 4) is 10.6 Å². The van der Waals surface area contributed by atoms with E-state index < -0.39 is 5.97 Å². The summed E-state index contributed by atoms with van der Waals surface area (Å²) < 4.78 is 8.77. The van der Waals surface area contributed by atoms with Crippen LogP contribution in [-0.2, 0) is 4.74 Å². The van der Waals surface area contributed by atoms with E-state index in [0.29, 0.717) is 0 Å². The van der Waals surface area contributed by atoms with Crippen molar-refractivity contribution >= 4 is 53.9 Å². The molecule has 0 N–H and O–H groups in total. The first kappa shape index (κ1) is 17.1. The number of aromatic nitrogens is 2. The zero-order valence-electron chi connectivity index (χ0n) is 14.8. The molecule has 0 saturated carbocycles. The number of thiazole rings is 2. The quantitative estimate of drug-likeness (QED) is 0.397. The zero-order chi connectivity index (χ0) is 19.3. The highest BCUT2D eigenvalue weighted by Gasteiger charge is 2.22. The van der Waals surface area contributed by atoms with Crippen LogP contribution in [0.2, 0.25) is 0 Å². The highest BCUT2D eigenvalue weighted by atomic mass is 32.1. The smallest absolute Gasteiger partial charge is 0.343 e. The van der Waals surface area contributed by atoms with Gasteiger partial charge >= 0.3 is 5.97 Å². The van der Waals surface area contributed by atoms with E-state index in [0.717, 1.165) is 35.8 Å². The molecule has 3 aromatic heterocycles. The summed E-state index contributed by atoms with van der Waals surface area (Å²) in [5.74, 6) is -0.612. The number of carbonyl (C=O) groups is 1. The van der Waals surface area contributed by atoms with Crippen LogP contribution >= 0.6 is 22.7 Å². The van der Waals surface area contributed by atoms with Gasteiger partial charge in [0.1, 0.15) is 15.4 Å². The van der Waals surface area contributed by atoms with Crippen molar-refractivity contribution in [3.05, 3.63) is 70.5 Å². The van der Waals surface area contributed by atoms with Gasteiger partial charge in [-0.05, 0) is 37.3 Å². The van der Waals surface area contributed by atoms with Crippen LogP contribution in [-0.4, -0.2) is 22.0 Å². The Morgan fingerprint density at radius 2 is 1.82 bits per heavy atom. The molecule has 5 nitrogen and oxygen atoms in total. The van der Waals surface area contributed by atoms with Crippen molar-refractivity contribution in [1.29, 1.82) is 0 Å². The SMILES string of the molecule is CCOC(=O)c1cc(-c2nc3ccccc3s2)c2sc3ccccc3n2c1=O. The number of pyridine rings is 1. The van der Waals surface area contributed by atoms with Crippen LogP contribution in [0.5, 0.6) is 0 Å². The van der Waals surface area contributed by atoms with E-state index in [1.165, 1.54) is 11.3 Å². The Morgan fingerprint density at radius 3 is 2.61 bits per heavy atom. The Hall–Kier alpha value is -3.03. The van der Waals surface area contributed by atoms with Crippen LogP contribution in [0.25, 0.3) is 35.8 Å². The second-order valence-corrected chi connectivity index (χ2v) is 8.26. The van der Waals surface area contributed by atoms with Gasteiger partial charge in [0, 0.05) is 5.56 Å². The summed E-state index contributed by atoms with van der Waals surface area (Å²) in [6, 6.07) is 17.2. The van der Waals surface area contributed by atoms with Crippen LogP contribution < -0.4 is 5.56 Å². The third-order valence-corrected chi connectivity index (χ3v) is 6.72. The lowest BCUT2D eigenvalue weighted by molar-refractivity contribution is 0.0524. The van der Waals surface area contributed by atoms with Crippen molar-refractivity contribution < 1.29 is 9.53 Å². The number of nitrogens with zero attached hydrogens (tertiary/aromatic N) is 2. The van der Waals surface area contributed by atoms with Crippen molar-refractivity contribution in [2.75, 3.05) is 6.61 Å². The van der Waals surface area contributed by atoms with Gasteiger partial charge in [-0.25, -0.2) is 9.78 Å². The van der Waals surface area contributed by atoms with Gasteiger partial charge < -0.3 is 4.74 Å². The van der Waals surface area contributed by atoms with E-state index in [1.807, 2.05) is 48.5 Å². The number of hydrogen-bond acceptors (Lipinski definition) is 6. The Kier molecular flexibility index (Phi) is 3.99. The molecule has 0 aliphatic carbocycles. The second-order valence-electron chi connectivity index (χ2n) is 6.19. The minimum absolute atomic E-state index is 0.0251. The van der Waals surface area contributed by atoms with Gasteiger partial charge in [0.25, 0.3) is 5.56 Å². The summed E-state index contributed by atoms with van der Waals surface area (Å²) in [4.78, 5) is 31.1. The number of esters is 1. The first-order valence-corrected chi connectivity index (χ1v) is 10.4. The van der Waals surface area contributed by atoms with Gasteiger partial charge in [0.2, 0.25) is 0 Å². The van der Waals surface area contributed by atoms with E-state index in [2.05, 4.69) is 0 Å². The highest BCUT2D eigenvalue weighted by Crippen LogP contribution is 2.37. The van der Waals surface area contributed by atoms with Crippen LogP contribution in [0.4, 0.5) is 0 Å². The number of hydrogen-bond donors (Lipinski definition) is 0. The van der Waals surface area contributed by atoms with E-state index >= 15 is 0 Å². The molecule has 138 valence electrons. The van der Waals surface area contributed by atoms with Gasteiger partial charge in [-0.2, -0.15) is 0 Å². The molecule has 0 saturated heterocycles. The molecule has 0 aliphatic rings. The maximum atomic E-state index is 13.1. The van der Waals surface area contributed by atoms with Gasteiger partial charge in [-0.15, -0.1) is 22.7 Å². The van der Waals surface area contributed by atoms with Crippen LogP contribution in [0, 0.1) is 0 Å². The molecule has 0 spiro atoms. The standard InChI is InChI=1S/C21H14N2O3S2/c1-2-26-21(25)13-11-12(18-22-14-7-3-5-9-16(14)27-18)20-23(19(13)24)15-8-4-6-10-17(15)28-20/h3-11H,2H2,1H3. The first-order chi connectivity index (χ1) is 13.7. The van der Waals surface area contributed by atoms with E-state index in [9.17, 15) is 9.59 Å².